The van der Waals surface area contributed by atoms with Crippen molar-refractivity contribution < 1.29 is 39.4 Å². The molecule has 0 spiro atoms. The Morgan fingerprint density at radius 3 is 2.40 bits per heavy atom. The summed E-state index contributed by atoms with van der Waals surface area (Å²) in [5.74, 6) is -0.0240. The van der Waals surface area contributed by atoms with E-state index in [9.17, 15) is 25.2 Å². The quantitative estimate of drug-likeness (QED) is 0.0835. The number of cyclic esters (lactones) is 1. The van der Waals surface area contributed by atoms with Crippen molar-refractivity contribution in [1.82, 2.24) is 0 Å². The number of nitrogens with zero attached hydrogens (tertiary/aromatic N) is 1. The number of rotatable bonds is 13. The normalized spacial score (nSPS) is 45.8. The standard InChI is InChI=1S/C39H63NO8/c1-4-5-6-7-8-9-10-11-20-40-25-37-17-12-28(48-34-22-32(41)35(43)26(2)47-34)23-38(37,44)18-14-31-30(37)13-16-36(3)29(15-19-39(31,36)45)27-21-33(42)46-24-27/h21,25-26,28-32,34-35,41,43-45H,4-20,22-24H2,1-3H3/t26?,28?,29-,30-,31?,32?,34?,35?,36?,37-,38?,39?/m0/s1. The van der Waals surface area contributed by atoms with Gasteiger partial charge in [0.25, 0.3) is 0 Å². The third kappa shape index (κ3) is 6.58. The topological polar surface area (TPSA) is 138 Å². The highest BCUT2D eigenvalue weighted by molar-refractivity contribution is 5.85. The molecule has 4 aliphatic carbocycles. The second-order valence-corrected chi connectivity index (χ2v) is 16.7. The predicted octanol–water partition coefficient (Wildman–Crippen LogP) is 5.79. The number of hydrogen-bond acceptors (Lipinski definition) is 9. The van der Waals surface area contributed by atoms with Gasteiger partial charge in [-0.15, -0.1) is 0 Å². The fourth-order valence-electron chi connectivity index (χ4n) is 11.3. The molecule has 0 radical (unpaired) electrons. The lowest BCUT2D eigenvalue weighted by Gasteiger charge is -2.66. The molecule has 9 nitrogen and oxygen atoms in total. The van der Waals surface area contributed by atoms with E-state index in [1.165, 1.54) is 44.9 Å². The molecule has 272 valence electrons. The Labute approximate surface area is 287 Å². The van der Waals surface area contributed by atoms with E-state index >= 15 is 0 Å². The summed E-state index contributed by atoms with van der Waals surface area (Å²) in [6.07, 6.45) is 17.2. The van der Waals surface area contributed by atoms with Crippen molar-refractivity contribution in [2.45, 2.75) is 178 Å². The summed E-state index contributed by atoms with van der Waals surface area (Å²) in [6, 6.07) is 0. The SMILES string of the molecule is CCCCCCCCCCN=C[C@]12CCC(OC3CC(O)C(O)C(C)O3)CC1(O)CCC1[C@@H]2CCC2(C)[C@H](C3=CC(=O)OC3)CCC12O. The number of aliphatic hydroxyl groups is 4. The Kier molecular flexibility index (Phi) is 11.2. The molecular formula is C39H63NO8. The molecular weight excluding hydrogens is 610 g/mol. The minimum absolute atomic E-state index is 0.0337. The van der Waals surface area contributed by atoms with Crippen molar-refractivity contribution >= 4 is 12.2 Å². The summed E-state index contributed by atoms with van der Waals surface area (Å²) in [5, 5.41) is 46.1. The molecule has 4 saturated carbocycles. The van der Waals surface area contributed by atoms with Crippen LogP contribution in [0.4, 0.5) is 0 Å². The molecule has 0 aromatic carbocycles. The van der Waals surface area contributed by atoms with Crippen LogP contribution in [0, 0.1) is 28.6 Å². The molecule has 0 aromatic rings. The minimum Gasteiger partial charge on any atom is -0.458 e. The van der Waals surface area contributed by atoms with Gasteiger partial charge in [-0.25, -0.2) is 4.79 Å². The Balaban J connectivity index is 1.19. The first kappa shape index (κ1) is 36.4. The first-order chi connectivity index (χ1) is 23.0. The van der Waals surface area contributed by atoms with E-state index in [0.717, 1.165) is 50.6 Å². The van der Waals surface area contributed by atoms with Gasteiger partial charge >= 0.3 is 5.97 Å². The maximum atomic E-state index is 12.8. The fraction of sp³-hybridized carbons (Fsp3) is 0.897. The highest BCUT2D eigenvalue weighted by Gasteiger charge is 2.71. The molecule has 2 heterocycles. The second kappa shape index (κ2) is 14.7. The lowest BCUT2D eigenvalue weighted by atomic mass is 9.41. The molecule has 1 saturated heterocycles. The van der Waals surface area contributed by atoms with E-state index in [4.69, 9.17) is 19.2 Å². The zero-order valence-corrected chi connectivity index (χ0v) is 29.8. The molecule has 12 atom stereocenters. The van der Waals surface area contributed by atoms with Gasteiger partial charge < -0.3 is 34.6 Å². The Bertz CT molecular complexity index is 1180. The van der Waals surface area contributed by atoms with Crippen LogP contribution in [0.5, 0.6) is 0 Å². The van der Waals surface area contributed by atoms with Crippen LogP contribution in [0.15, 0.2) is 16.6 Å². The lowest BCUT2D eigenvalue weighted by Crippen LogP contribution is -2.69. The summed E-state index contributed by atoms with van der Waals surface area (Å²) >= 11 is 0. The molecule has 4 N–H and O–H groups in total. The molecule has 9 heteroatoms. The highest BCUT2D eigenvalue weighted by Crippen LogP contribution is 2.70. The van der Waals surface area contributed by atoms with Crippen molar-refractivity contribution in [3.8, 4) is 0 Å². The molecule has 5 fully saturated rings. The maximum absolute atomic E-state index is 12.8. The smallest absolute Gasteiger partial charge is 0.331 e. The number of unbranched alkanes of at least 4 members (excludes halogenated alkanes) is 7. The van der Waals surface area contributed by atoms with Crippen LogP contribution >= 0.6 is 0 Å². The number of fused-ring (bicyclic) bond motifs is 5. The molecule has 6 aliphatic rings. The van der Waals surface area contributed by atoms with E-state index < -0.39 is 41.2 Å². The van der Waals surface area contributed by atoms with Gasteiger partial charge in [0.2, 0.25) is 0 Å². The molecule has 0 aromatic heterocycles. The Morgan fingerprint density at radius 2 is 1.69 bits per heavy atom. The molecule has 9 unspecified atom stereocenters. The van der Waals surface area contributed by atoms with Crippen LogP contribution in [-0.2, 0) is 19.0 Å². The summed E-state index contributed by atoms with van der Waals surface area (Å²) in [6.45, 7) is 7.31. The predicted molar refractivity (Wildman–Crippen MR) is 183 cm³/mol. The number of hydrogen-bond donors (Lipinski definition) is 4. The average molecular weight is 674 g/mol. The monoisotopic (exact) mass is 673 g/mol. The van der Waals surface area contributed by atoms with E-state index in [1.54, 1.807) is 13.0 Å². The van der Waals surface area contributed by atoms with E-state index in [-0.39, 0.29) is 41.7 Å². The van der Waals surface area contributed by atoms with Crippen LogP contribution in [-0.4, -0.2) is 87.7 Å². The van der Waals surface area contributed by atoms with Gasteiger partial charge in [0.15, 0.2) is 6.29 Å². The third-order valence-corrected chi connectivity index (χ3v) is 14.1. The van der Waals surface area contributed by atoms with Crippen LogP contribution in [0.25, 0.3) is 0 Å². The number of esters is 1. The first-order valence-corrected chi connectivity index (χ1v) is 19.5. The van der Waals surface area contributed by atoms with E-state index in [1.807, 2.05) is 0 Å². The number of aliphatic imine (C=N–C) groups is 1. The number of carbonyl (C=O) groups excluding carboxylic acids is 1. The molecule has 2 aliphatic heterocycles. The van der Waals surface area contributed by atoms with Crippen molar-refractivity contribution in [2.24, 2.45) is 33.6 Å². The van der Waals surface area contributed by atoms with Crippen LogP contribution < -0.4 is 0 Å². The summed E-state index contributed by atoms with van der Waals surface area (Å²) in [4.78, 5) is 17.1. The average Bonchev–Trinajstić information content (AvgIpc) is 3.60. The molecule has 48 heavy (non-hydrogen) atoms. The van der Waals surface area contributed by atoms with E-state index in [2.05, 4.69) is 20.1 Å². The van der Waals surface area contributed by atoms with Gasteiger partial charge in [0.05, 0.1) is 29.5 Å². The van der Waals surface area contributed by atoms with Crippen molar-refractivity contribution in [1.29, 1.82) is 0 Å². The van der Waals surface area contributed by atoms with Crippen LogP contribution in [0.2, 0.25) is 0 Å². The lowest BCUT2D eigenvalue weighted by molar-refractivity contribution is -0.282. The van der Waals surface area contributed by atoms with Crippen molar-refractivity contribution in [3.05, 3.63) is 11.6 Å². The van der Waals surface area contributed by atoms with Gasteiger partial charge in [0.1, 0.15) is 12.7 Å². The summed E-state index contributed by atoms with van der Waals surface area (Å²) < 4.78 is 17.6. The minimum atomic E-state index is -1.03. The highest BCUT2D eigenvalue weighted by atomic mass is 16.7. The van der Waals surface area contributed by atoms with Gasteiger partial charge in [-0.3, -0.25) is 4.99 Å². The Morgan fingerprint density at radius 1 is 0.958 bits per heavy atom. The molecule has 6 rings (SSSR count). The first-order valence-electron chi connectivity index (χ1n) is 19.5. The van der Waals surface area contributed by atoms with Gasteiger partial charge in [0, 0.05) is 42.5 Å². The van der Waals surface area contributed by atoms with Crippen LogP contribution in [0.3, 0.4) is 0 Å². The van der Waals surface area contributed by atoms with Gasteiger partial charge in [-0.05, 0) is 88.0 Å². The van der Waals surface area contributed by atoms with Gasteiger partial charge in [-0.1, -0.05) is 58.8 Å². The third-order valence-electron chi connectivity index (χ3n) is 14.1. The fourth-order valence-corrected chi connectivity index (χ4v) is 11.3. The number of aliphatic hydroxyl groups excluding tert-OH is 2. The van der Waals surface area contributed by atoms with Crippen molar-refractivity contribution in [3.63, 3.8) is 0 Å². The summed E-state index contributed by atoms with van der Waals surface area (Å²) in [5.41, 5.74) is -1.80. The number of ether oxygens (including phenoxy) is 3. The van der Waals surface area contributed by atoms with E-state index in [0.29, 0.717) is 32.3 Å². The Hall–Kier alpha value is -1.36. The zero-order valence-electron chi connectivity index (χ0n) is 29.8. The number of carbonyl (C=O) groups is 1. The van der Waals surface area contributed by atoms with Crippen molar-refractivity contribution in [2.75, 3.05) is 13.2 Å². The van der Waals surface area contributed by atoms with Gasteiger partial charge in [-0.2, -0.15) is 0 Å². The van der Waals surface area contributed by atoms with Crippen LogP contribution in [0.1, 0.15) is 136 Å². The zero-order chi connectivity index (χ0) is 34.2. The second-order valence-electron chi connectivity index (χ2n) is 16.7. The molecule has 0 bridgehead atoms. The largest absolute Gasteiger partial charge is 0.458 e. The maximum Gasteiger partial charge on any atom is 0.331 e. The summed E-state index contributed by atoms with van der Waals surface area (Å²) in [7, 11) is 0. The molecule has 0 amide bonds.